The van der Waals surface area contributed by atoms with Gasteiger partial charge < -0.3 is 4.42 Å². The summed E-state index contributed by atoms with van der Waals surface area (Å²) in [5.41, 5.74) is 2.01. The Hall–Kier alpha value is -2.16. The minimum Gasteiger partial charge on any atom is -0.460 e. The first-order valence-corrected chi connectivity index (χ1v) is 4.96. The van der Waals surface area contributed by atoms with Crippen LogP contribution in [0.25, 0.3) is 0 Å². The maximum absolute atomic E-state index is 12.1. The van der Waals surface area contributed by atoms with Gasteiger partial charge in [0.1, 0.15) is 0 Å². The molecule has 1 aromatic heterocycles. The lowest BCUT2D eigenvalue weighted by molar-refractivity contribution is 0.0960. The summed E-state index contributed by atoms with van der Waals surface area (Å²) >= 11 is 0. The van der Waals surface area contributed by atoms with Gasteiger partial charge in [0.15, 0.2) is 11.5 Å². The average Bonchev–Trinajstić information content (AvgIpc) is 2.69. The van der Waals surface area contributed by atoms with E-state index in [4.69, 9.17) is 4.42 Å². The molecule has 0 saturated heterocycles. The highest BCUT2D eigenvalue weighted by Gasteiger charge is 2.33. The van der Waals surface area contributed by atoms with Crippen LogP contribution >= 0.6 is 0 Å². The number of fused-ring (bicyclic) bond motifs is 2. The molecule has 0 radical (unpaired) electrons. The van der Waals surface area contributed by atoms with E-state index in [0.717, 1.165) is 0 Å². The standard InChI is InChI=1S/C13H8O3/c1-7-6-16-13-10(7)11(14)8-4-2-3-5-9(8)12(13)15/h2-6H,1H3. The molecule has 1 aromatic carbocycles. The summed E-state index contributed by atoms with van der Waals surface area (Å²) in [4.78, 5) is 24.1. The minimum absolute atomic E-state index is 0.128. The van der Waals surface area contributed by atoms with Gasteiger partial charge in [-0.05, 0) is 12.5 Å². The van der Waals surface area contributed by atoms with Crippen molar-refractivity contribution in [2.24, 2.45) is 0 Å². The van der Waals surface area contributed by atoms with Gasteiger partial charge in [-0.1, -0.05) is 24.3 Å². The summed E-state index contributed by atoms with van der Waals surface area (Å²) in [5.74, 6) is -0.170. The van der Waals surface area contributed by atoms with Crippen LogP contribution in [-0.4, -0.2) is 11.6 Å². The Morgan fingerprint density at radius 2 is 1.62 bits per heavy atom. The lowest BCUT2D eigenvalue weighted by Gasteiger charge is -2.12. The molecule has 0 N–H and O–H groups in total. The second-order valence-corrected chi connectivity index (χ2v) is 3.83. The number of carbonyl (C=O) groups excluding carboxylic acids is 2. The van der Waals surface area contributed by atoms with Crippen molar-refractivity contribution in [3.63, 3.8) is 0 Å². The van der Waals surface area contributed by atoms with E-state index < -0.39 is 0 Å². The first-order valence-electron chi connectivity index (χ1n) is 4.96. The molecule has 0 fully saturated rings. The molecule has 0 saturated carbocycles. The van der Waals surface area contributed by atoms with E-state index in [-0.39, 0.29) is 17.3 Å². The van der Waals surface area contributed by atoms with Gasteiger partial charge in [-0.3, -0.25) is 9.59 Å². The van der Waals surface area contributed by atoms with Gasteiger partial charge in [-0.25, -0.2) is 0 Å². The topological polar surface area (TPSA) is 47.3 Å². The molecule has 3 rings (SSSR count). The van der Waals surface area contributed by atoms with E-state index in [1.165, 1.54) is 6.26 Å². The van der Waals surface area contributed by atoms with Crippen molar-refractivity contribution < 1.29 is 14.0 Å². The molecule has 1 aliphatic carbocycles. The zero-order valence-electron chi connectivity index (χ0n) is 8.61. The fraction of sp³-hybridized carbons (Fsp3) is 0.0769. The molecule has 0 spiro atoms. The molecule has 2 aromatic rings. The summed E-state index contributed by atoms with van der Waals surface area (Å²) in [6.07, 6.45) is 1.45. The molecule has 0 aliphatic heterocycles. The maximum Gasteiger partial charge on any atom is 0.229 e. The molecule has 1 heterocycles. The van der Waals surface area contributed by atoms with Crippen LogP contribution in [0, 0.1) is 6.92 Å². The number of ketones is 2. The van der Waals surface area contributed by atoms with Crippen molar-refractivity contribution in [3.8, 4) is 0 Å². The minimum atomic E-state index is -0.210. The third-order valence-corrected chi connectivity index (χ3v) is 2.82. The van der Waals surface area contributed by atoms with Crippen LogP contribution < -0.4 is 0 Å². The van der Waals surface area contributed by atoms with Crippen molar-refractivity contribution in [2.75, 3.05) is 0 Å². The van der Waals surface area contributed by atoms with Crippen LogP contribution in [0.15, 0.2) is 34.9 Å². The summed E-state index contributed by atoms with van der Waals surface area (Å²) in [7, 11) is 0. The van der Waals surface area contributed by atoms with Crippen LogP contribution in [0.4, 0.5) is 0 Å². The predicted octanol–water partition coefficient (Wildman–Crippen LogP) is 2.36. The highest BCUT2D eigenvalue weighted by molar-refractivity contribution is 6.27. The van der Waals surface area contributed by atoms with Crippen molar-refractivity contribution in [2.45, 2.75) is 6.92 Å². The number of carbonyl (C=O) groups is 2. The van der Waals surface area contributed by atoms with Crippen molar-refractivity contribution >= 4 is 11.6 Å². The molecule has 0 unspecified atom stereocenters. The van der Waals surface area contributed by atoms with Gasteiger partial charge in [0.05, 0.1) is 11.8 Å². The van der Waals surface area contributed by atoms with E-state index in [1.807, 2.05) is 0 Å². The molecular formula is C13H8O3. The van der Waals surface area contributed by atoms with Gasteiger partial charge in [0.25, 0.3) is 0 Å². The molecular weight excluding hydrogens is 204 g/mol. The molecule has 0 atom stereocenters. The molecule has 78 valence electrons. The van der Waals surface area contributed by atoms with Gasteiger partial charge in [0.2, 0.25) is 5.78 Å². The molecule has 16 heavy (non-hydrogen) atoms. The summed E-state index contributed by atoms with van der Waals surface area (Å²) < 4.78 is 5.16. The number of rotatable bonds is 0. The second-order valence-electron chi connectivity index (χ2n) is 3.83. The third-order valence-electron chi connectivity index (χ3n) is 2.82. The van der Waals surface area contributed by atoms with Gasteiger partial charge in [-0.15, -0.1) is 0 Å². The first-order chi connectivity index (χ1) is 7.70. The first kappa shape index (κ1) is 9.09. The van der Waals surface area contributed by atoms with E-state index in [2.05, 4.69) is 0 Å². The molecule has 3 heteroatoms. The summed E-state index contributed by atoms with van der Waals surface area (Å²) in [5, 5.41) is 0. The monoisotopic (exact) mass is 212 g/mol. The van der Waals surface area contributed by atoms with Crippen molar-refractivity contribution in [1.82, 2.24) is 0 Å². The van der Waals surface area contributed by atoms with E-state index in [0.29, 0.717) is 22.3 Å². The Bertz CT molecular complexity index is 620. The van der Waals surface area contributed by atoms with Crippen LogP contribution in [0.5, 0.6) is 0 Å². The van der Waals surface area contributed by atoms with E-state index in [1.54, 1.807) is 31.2 Å². The molecule has 0 amide bonds. The fourth-order valence-electron chi connectivity index (χ4n) is 2.03. The number of hydrogen-bond acceptors (Lipinski definition) is 3. The highest BCUT2D eigenvalue weighted by Crippen LogP contribution is 2.29. The van der Waals surface area contributed by atoms with Crippen LogP contribution in [0.1, 0.15) is 37.6 Å². The number of hydrogen-bond donors (Lipinski definition) is 0. The molecule has 1 aliphatic rings. The third kappa shape index (κ3) is 0.972. The predicted molar refractivity (Wildman–Crippen MR) is 56.8 cm³/mol. The Morgan fingerprint density at radius 3 is 2.31 bits per heavy atom. The largest absolute Gasteiger partial charge is 0.460 e. The van der Waals surface area contributed by atoms with Crippen LogP contribution in [-0.2, 0) is 0 Å². The summed E-state index contributed by atoms with van der Waals surface area (Å²) in [6, 6.07) is 6.82. The van der Waals surface area contributed by atoms with Crippen molar-refractivity contribution in [1.29, 1.82) is 0 Å². The summed E-state index contributed by atoms with van der Waals surface area (Å²) in [6.45, 7) is 1.77. The Balaban J connectivity index is 2.36. The second kappa shape index (κ2) is 2.92. The SMILES string of the molecule is Cc1coc2c1C(=O)c1ccccc1C2=O. The normalized spacial score (nSPS) is 13.6. The Morgan fingerprint density at radius 1 is 1.00 bits per heavy atom. The quantitative estimate of drug-likeness (QED) is 0.574. The van der Waals surface area contributed by atoms with E-state index >= 15 is 0 Å². The van der Waals surface area contributed by atoms with Crippen LogP contribution in [0.3, 0.4) is 0 Å². The lowest BCUT2D eigenvalue weighted by atomic mass is 9.87. The zero-order chi connectivity index (χ0) is 11.3. The average molecular weight is 212 g/mol. The molecule has 0 bridgehead atoms. The van der Waals surface area contributed by atoms with Crippen LogP contribution in [0.2, 0.25) is 0 Å². The smallest absolute Gasteiger partial charge is 0.229 e. The van der Waals surface area contributed by atoms with Crippen molar-refractivity contribution in [3.05, 3.63) is 58.5 Å². The van der Waals surface area contributed by atoms with Gasteiger partial charge >= 0.3 is 0 Å². The number of aryl methyl sites for hydroxylation is 1. The highest BCUT2D eigenvalue weighted by atomic mass is 16.3. The molecule has 3 nitrogen and oxygen atoms in total. The zero-order valence-corrected chi connectivity index (χ0v) is 8.61. The fourth-order valence-corrected chi connectivity index (χ4v) is 2.03. The Kier molecular flexibility index (Phi) is 1.66. The maximum atomic E-state index is 12.1. The number of benzene rings is 1. The van der Waals surface area contributed by atoms with E-state index in [9.17, 15) is 9.59 Å². The lowest BCUT2D eigenvalue weighted by Crippen LogP contribution is -2.19. The Labute approximate surface area is 91.7 Å². The number of furan rings is 1. The van der Waals surface area contributed by atoms with Gasteiger partial charge in [0, 0.05) is 11.1 Å². The van der Waals surface area contributed by atoms with Gasteiger partial charge in [-0.2, -0.15) is 0 Å².